The standard InChI is InChI=1S/C23H16BClNO2/c25-21-8-4-7-18(13-21)16-5-3-6-17(11-16)19-12-20(15-22(14-19)28-24-27)23-9-1-2-10-26-23/h1-15,27H. The van der Waals surface area contributed by atoms with Crippen LogP contribution >= 0.6 is 11.6 Å². The van der Waals surface area contributed by atoms with Crippen LogP contribution in [0.25, 0.3) is 33.5 Å². The molecule has 3 aromatic carbocycles. The molecule has 1 heterocycles. The normalized spacial score (nSPS) is 10.5. The fourth-order valence-corrected chi connectivity index (χ4v) is 3.31. The van der Waals surface area contributed by atoms with Gasteiger partial charge in [0, 0.05) is 16.8 Å². The van der Waals surface area contributed by atoms with Crippen molar-refractivity contribution in [2.75, 3.05) is 0 Å². The van der Waals surface area contributed by atoms with E-state index in [0.717, 1.165) is 33.5 Å². The molecular weight excluding hydrogens is 369 g/mol. The van der Waals surface area contributed by atoms with Gasteiger partial charge in [-0.2, -0.15) is 0 Å². The minimum atomic E-state index is 0.536. The summed E-state index contributed by atoms with van der Waals surface area (Å²) in [5.41, 5.74) is 5.85. The molecule has 4 aromatic rings. The van der Waals surface area contributed by atoms with E-state index >= 15 is 0 Å². The minimum absolute atomic E-state index is 0.536. The second-order valence-electron chi connectivity index (χ2n) is 6.28. The second kappa shape index (κ2) is 8.30. The van der Waals surface area contributed by atoms with Crippen molar-refractivity contribution in [3.63, 3.8) is 0 Å². The Morgan fingerprint density at radius 1 is 0.714 bits per heavy atom. The van der Waals surface area contributed by atoms with E-state index in [4.69, 9.17) is 21.3 Å². The lowest BCUT2D eigenvalue weighted by Crippen LogP contribution is -2.00. The van der Waals surface area contributed by atoms with E-state index in [9.17, 15) is 0 Å². The van der Waals surface area contributed by atoms with Crippen LogP contribution in [0.3, 0.4) is 0 Å². The molecule has 1 N–H and O–H groups in total. The molecule has 0 amide bonds. The highest BCUT2D eigenvalue weighted by Gasteiger charge is 2.09. The van der Waals surface area contributed by atoms with Gasteiger partial charge in [-0.15, -0.1) is 0 Å². The SMILES string of the molecule is O[B]Oc1cc(-c2cccc(-c3cccc(Cl)c3)c2)cc(-c2ccccn2)c1. The van der Waals surface area contributed by atoms with Crippen molar-refractivity contribution in [2.24, 2.45) is 0 Å². The molecule has 0 fully saturated rings. The van der Waals surface area contributed by atoms with Gasteiger partial charge in [-0.1, -0.05) is 48.0 Å². The Balaban J connectivity index is 1.80. The lowest BCUT2D eigenvalue weighted by atomic mass is 9.97. The average molecular weight is 385 g/mol. The fraction of sp³-hybridized carbons (Fsp3) is 0. The summed E-state index contributed by atoms with van der Waals surface area (Å²) in [6, 6.07) is 27.5. The van der Waals surface area contributed by atoms with E-state index in [1.165, 1.54) is 0 Å². The Labute approximate surface area is 169 Å². The maximum absolute atomic E-state index is 9.09. The molecule has 0 aliphatic rings. The van der Waals surface area contributed by atoms with Gasteiger partial charge in [-0.05, 0) is 70.8 Å². The van der Waals surface area contributed by atoms with Gasteiger partial charge < -0.3 is 9.68 Å². The van der Waals surface area contributed by atoms with Gasteiger partial charge >= 0.3 is 7.69 Å². The Bertz CT molecular complexity index is 1100. The molecule has 0 spiro atoms. The molecule has 0 saturated heterocycles. The summed E-state index contributed by atoms with van der Waals surface area (Å²) in [7, 11) is 0.684. The highest BCUT2D eigenvalue weighted by atomic mass is 35.5. The van der Waals surface area contributed by atoms with Crippen LogP contribution < -0.4 is 4.65 Å². The molecule has 0 saturated carbocycles. The molecule has 3 nitrogen and oxygen atoms in total. The predicted molar refractivity (Wildman–Crippen MR) is 114 cm³/mol. The van der Waals surface area contributed by atoms with Crippen LogP contribution in [0.4, 0.5) is 0 Å². The highest BCUT2D eigenvalue weighted by Crippen LogP contribution is 2.33. The quantitative estimate of drug-likeness (QED) is 0.453. The van der Waals surface area contributed by atoms with Gasteiger partial charge in [0.2, 0.25) is 0 Å². The molecule has 0 aliphatic heterocycles. The minimum Gasteiger partial charge on any atom is -0.537 e. The van der Waals surface area contributed by atoms with Gasteiger partial charge in [0.1, 0.15) is 5.75 Å². The maximum Gasteiger partial charge on any atom is 0.569 e. The largest absolute Gasteiger partial charge is 0.569 e. The molecule has 1 radical (unpaired) electrons. The summed E-state index contributed by atoms with van der Waals surface area (Å²) in [4.78, 5) is 4.42. The van der Waals surface area contributed by atoms with Crippen LogP contribution in [0.15, 0.2) is 91.1 Å². The van der Waals surface area contributed by atoms with Crippen LogP contribution in [0.5, 0.6) is 5.75 Å². The number of benzene rings is 3. The zero-order chi connectivity index (χ0) is 19.3. The Morgan fingerprint density at radius 2 is 1.39 bits per heavy atom. The first-order chi connectivity index (χ1) is 13.7. The van der Waals surface area contributed by atoms with Crippen molar-refractivity contribution >= 4 is 19.3 Å². The monoisotopic (exact) mass is 384 g/mol. The van der Waals surface area contributed by atoms with Gasteiger partial charge in [-0.3, -0.25) is 4.98 Å². The lowest BCUT2D eigenvalue weighted by Gasteiger charge is -2.11. The second-order valence-corrected chi connectivity index (χ2v) is 6.71. The summed E-state index contributed by atoms with van der Waals surface area (Å²) in [6.45, 7) is 0. The number of hydrogen-bond donors (Lipinski definition) is 1. The van der Waals surface area contributed by atoms with Gasteiger partial charge in [0.15, 0.2) is 0 Å². The zero-order valence-electron chi connectivity index (χ0n) is 14.9. The van der Waals surface area contributed by atoms with Crippen LogP contribution in [0.1, 0.15) is 0 Å². The molecule has 0 unspecified atom stereocenters. The first-order valence-electron chi connectivity index (χ1n) is 8.78. The number of hydrogen-bond acceptors (Lipinski definition) is 3. The van der Waals surface area contributed by atoms with Crippen LogP contribution in [-0.4, -0.2) is 17.7 Å². The van der Waals surface area contributed by atoms with Crippen molar-refractivity contribution in [3.8, 4) is 39.3 Å². The van der Waals surface area contributed by atoms with Gasteiger partial charge in [0.25, 0.3) is 0 Å². The summed E-state index contributed by atoms with van der Waals surface area (Å²) in [5.74, 6) is 0.536. The number of halogens is 1. The first kappa shape index (κ1) is 18.3. The van der Waals surface area contributed by atoms with Crippen LogP contribution in [0.2, 0.25) is 5.02 Å². The summed E-state index contributed by atoms with van der Waals surface area (Å²) in [5, 5.41) is 9.79. The van der Waals surface area contributed by atoms with E-state index in [2.05, 4.69) is 23.2 Å². The van der Waals surface area contributed by atoms with Crippen molar-refractivity contribution in [2.45, 2.75) is 0 Å². The van der Waals surface area contributed by atoms with Crippen molar-refractivity contribution in [1.82, 2.24) is 4.98 Å². The van der Waals surface area contributed by atoms with E-state index in [1.807, 2.05) is 66.7 Å². The zero-order valence-corrected chi connectivity index (χ0v) is 15.7. The molecule has 0 bridgehead atoms. The Kier molecular flexibility index (Phi) is 5.42. The molecule has 4 rings (SSSR count). The third kappa shape index (κ3) is 4.09. The van der Waals surface area contributed by atoms with Crippen molar-refractivity contribution in [1.29, 1.82) is 0 Å². The lowest BCUT2D eigenvalue weighted by molar-refractivity contribution is 0.454. The van der Waals surface area contributed by atoms with Crippen LogP contribution in [-0.2, 0) is 0 Å². The van der Waals surface area contributed by atoms with Crippen molar-refractivity contribution in [3.05, 3.63) is 96.1 Å². The smallest absolute Gasteiger partial charge is 0.537 e. The van der Waals surface area contributed by atoms with Crippen LogP contribution in [0, 0.1) is 0 Å². The summed E-state index contributed by atoms with van der Waals surface area (Å²) >= 11 is 6.15. The number of pyridine rings is 1. The third-order valence-corrected chi connectivity index (χ3v) is 4.64. The van der Waals surface area contributed by atoms with E-state index in [-0.39, 0.29) is 0 Å². The Morgan fingerprint density at radius 3 is 2.11 bits per heavy atom. The molecule has 0 atom stereocenters. The third-order valence-electron chi connectivity index (χ3n) is 4.41. The average Bonchev–Trinajstić information content (AvgIpc) is 2.74. The molecule has 5 heteroatoms. The number of aromatic nitrogens is 1. The molecule has 135 valence electrons. The number of rotatable bonds is 5. The van der Waals surface area contributed by atoms with Gasteiger partial charge in [0.05, 0.1) is 5.69 Å². The van der Waals surface area contributed by atoms with E-state index < -0.39 is 0 Å². The molecule has 1 aromatic heterocycles. The topological polar surface area (TPSA) is 42.4 Å². The van der Waals surface area contributed by atoms with E-state index in [1.54, 1.807) is 6.20 Å². The summed E-state index contributed by atoms with van der Waals surface area (Å²) in [6.07, 6.45) is 1.75. The molecule has 28 heavy (non-hydrogen) atoms. The summed E-state index contributed by atoms with van der Waals surface area (Å²) < 4.78 is 5.25. The van der Waals surface area contributed by atoms with Crippen molar-refractivity contribution < 1.29 is 9.68 Å². The number of nitrogens with zero attached hydrogens (tertiary/aromatic N) is 1. The van der Waals surface area contributed by atoms with E-state index in [0.29, 0.717) is 18.5 Å². The fourth-order valence-electron chi connectivity index (χ4n) is 3.12. The molecular formula is C23H16BClNO2. The first-order valence-corrected chi connectivity index (χ1v) is 9.16. The maximum atomic E-state index is 9.09. The molecule has 0 aliphatic carbocycles. The van der Waals surface area contributed by atoms with Gasteiger partial charge in [-0.25, -0.2) is 0 Å². The highest BCUT2D eigenvalue weighted by molar-refractivity contribution is 6.30. The Hall–Kier alpha value is -3.08. The predicted octanol–water partition coefficient (Wildman–Crippen LogP) is 5.64.